The van der Waals surface area contributed by atoms with Gasteiger partial charge in [-0.1, -0.05) is 44.4 Å². The lowest BCUT2D eigenvalue weighted by atomic mass is 10.1. The van der Waals surface area contributed by atoms with Crippen LogP contribution in [0.2, 0.25) is 5.02 Å². The average molecular weight is 257 g/mol. The second kappa shape index (κ2) is 6.50. The second-order valence-electron chi connectivity index (χ2n) is 3.91. The molecule has 0 saturated heterocycles. The van der Waals surface area contributed by atoms with Crippen molar-refractivity contribution >= 4 is 17.6 Å². The van der Waals surface area contributed by atoms with Crippen LogP contribution >= 0.6 is 11.6 Å². The highest BCUT2D eigenvalue weighted by molar-refractivity contribution is 6.33. The third-order valence-electron chi connectivity index (χ3n) is 2.82. The maximum Gasteiger partial charge on any atom is 0.341 e. The van der Waals surface area contributed by atoms with Crippen molar-refractivity contribution in [3.8, 4) is 5.75 Å². The Kier molecular flexibility index (Phi) is 5.29. The van der Waals surface area contributed by atoms with Crippen LogP contribution in [0.4, 0.5) is 0 Å². The molecule has 1 rings (SSSR count). The van der Waals surface area contributed by atoms with Crippen molar-refractivity contribution < 1.29 is 14.6 Å². The Labute approximate surface area is 106 Å². The number of carbonyl (C=O) groups is 1. The molecule has 0 unspecified atom stereocenters. The predicted molar refractivity (Wildman–Crippen MR) is 68.0 cm³/mol. The number of hydrogen-bond donors (Lipinski definition) is 1. The first-order valence-electron chi connectivity index (χ1n) is 5.74. The number of rotatable bonds is 6. The van der Waals surface area contributed by atoms with E-state index in [1.54, 1.807) is 18.2 Å². The molecule has 0 saturated carbocycles. The maximum atomic E-state index is 11.1. The highest BCUT2D eigenvalue weighted by Gasteiger charge is 2.16. The summed E-state index contributed by atoms with van der Waals surface area (Å²) in [6.07, 6.45) is 2.03. The third kappa shape index (κ3) is 3.63. The number of aromatic carboxylic acids is 1. The number of ether oxygens (including phenoxy) is 1. The van der Waals surface area contributed by atoms with Gasteiger partial charge in [-0.2, -0.15) is 0 Å². The molecule has 0 aliphatic carbocycles. The van der Waals surface area contributed by atoms with Crippen LogP contribution in [0.15, 0.2) is 18.2 Å². The number of carboxylic acids is 1. The summed E-state index contributed by atoms with van der Waals surface area (Å²) in [5.41, 5.74) is 0.0418. The van der Waals surface area contributed by atoms with Crippen LogP contribution in [-0.4, -0.2) is 17.7 Å². The summed E-state index contributed by atoms with van der Waals surface area (Å²) in [6.45, 7) is 4.70. The predicted octanol–water partition coefficient (Wildman–Crippen LogP) is 3.85. The highest BCUT2D eigenvalue weighted by atomic mass is 35.5. The molecule has 0 bridgehead atoms. The van der Waals surface area contributed by atoms with E-state index in [0.717, 1.165) is 12.8 Å². The molecular formula is C13H17ClO3. The summed E-state index contributed by atoms with van der Waals surface area (Å²) < 4.78 is 5.56. The smallest absolute Gasteiger partial charge is 0.341 e. The molecule has 1 N–H and O–H groups in total. The van der Waals surface area contributed by atoms with Gasteiger partial charge in [0.2, 0.25) is 0 Å². The van der Waals surface area contributed by atoms with E-state index in [1.165, 1.54) is 0 Å². The maximum absolute atomic E-state index is 11.1. The summed E-state index contributed by atoms with van der Waals surface area (Å²) in [6, 6.07) is 4.88. The van der Waals surface area contributed by atoms with Gasteiger partial charge in [-0.25, -0.2) is 4.79 Å². The van der Waals surface area contributed by atoms with Crippen LogP contribution in [0, 0.1) is 5.92 Å². The minimum Gasteiger partial charge on any atom is -0.492 e. The molecule has 1 aromatic carbocycles. The van der Waals surface area contributed by atoms with Crippen molar-refractivity contribution in [2.24, 2.45) is 5.92 Å². The summed E-state index contributed by atoms with van der Waals surface area (Å²) in [5, 5.41) is 9.27. The molecular weight excluding hydrogens is 240 g/mol. The normalized spacial score (nSPS) is 10.6. The third-order valence-corrected chi connectivity index (χ3v) is 3.13. The molecule has 0 fully saturated rings. The molecule has 0 spiro atoms. The Bertz CT molecular complexity index is 386. The summed E-state index contributed by atoms with van der Waals surface area (Å²) >= 11 is 5.85. The molecule has 3 nitrogen and oxygen atoms in total. The molecule has 0 atom stereocenters. The van der Waals surface area contributed by atoms with Gasteiger partial charge in [0.15, 0.2) is 0 Å². The zero-order valence-corrected chi connectivity index (χ0v) is 10.8. The Morgan fingerprint density at radius 2 is 2.06 bits per heavy atom. The van der Waals surface area contributed by atoms with E-state index >= 15 is 0 Å². The van der Waals surface area contributed by atoms with E-state index < -0.39 is 5.97 Å². The van der Waals surface area contributed by atoms with Gasteiger partial charge in [-0.15, -0.1) is 0 Å². The Balaban J connectivity index is 2.84. The summed E-state index contributed by atoms with van der Waals surface area (Å²) in [5.74, 6) is -0.275. The minimum absolute atomic E-state index is 0.0418. The lowest BCUT2D eigenvalue weighted by molar-refractivity contribution is 0.0691. The van der Waals surface area contributed by atoms with Gasteiger partial charge in [-0.3, -0.25) is 0 Å². The Morgan fingerprint density at radius 1 is 1.41 bits per heavy atom. The van der Waals surface area contributed by atoms with E-state index in [9.17, 15) is 4.79 Å². The molecule has 0 aromatic heterocycles. The second-order valence-corrected chi connectivity index (χ2v) is 4.32. The molecule has 0 amide bonds. The topological polar surface area (TPSA) is 46.5 Å². The molecule has 0 radical (unpaired) electrons. The molecule has 4 heteroatoms. The van der Waals surface area contributed by atoms with Crippen molar-refractivity contribution in [1.82, 2.24) is 0 Å². The summed E-state index contributed by atoms with van der Waals surface area (Å²) in [4.78, 5) is 11.1. The van der Waals surface area contributed by atoms with Crippen molar-refractivity contribution in [2.45, 2.75) is 26.7 Å². The van der Waals surface area contributed by atoms with Crippen molar-refractivity contribution in [1.29, 1.82) is 0 Å². The van der Waals surface area contributed by atoms with E-state index in [1.807, 2.05) is 0 Å². The first kappa shape index (κ1) is 13.8. The van der Waals surface area contributed by atoms with Gasteiger partial charge in [-0.05, 0) is 18.1 Å². The zero-order valence-electron chi connectivity index (χ0n) is 10.1. The van der Waals surface area contributed by atoms with Crippen LogP contribution < -0.4 is 4.74 Å². The van der Waals surface area contributed by atoms with Gasteiger partial charge >= 0.3 is 5.97 Å². The molecule has 0 aliphatic heterocycles. The van der Waals surface area contributed by atoms with E-state index in [2.05, 4.69) is 13.8 Å². The molecule has 94 valence electrons. The molecule has 0 aliphatic rings. The summed E-state index contributed by atoms with van der Waals surface area (Å²) in [7, 11) is 0. The number of benzene rings is 1. The van der Waals surface area contributed by atoms with Crippen molar-refractivity contribution in [3.05, 3.63) is 28.8 Å². The Morgan fingerprint density at radius 3 is 2.59 bits per heavy atom. The fraction of sp³-hybridized carbons (Fsp3) is 0.462. The lowest BCUT2D eigenvalue weighted by Gasteiger charge is -2.15. The lowest BCUT2D eigenvalue weighted by Crippen LogP contribution is -2.12. The Hall–Kier alpha value is -1.22. The van der Waals surface area contributed by atoms with Crippen LogP contribution in [0.1, 0.15) is 37.0 Å². The van der Waals surface area contributed by atoms with Gasteiger partial charge in [0.05, 0.1) is 11.6 Å². The average Bonchev–Trinajstić information content (AvgIpc) is 2.29. The number of carboxylic acid groups (broad SMARTS) is 1. The number of hydrogen-bond acceptors (Lipinski definition) is 2. The molecule has 1 aromatic rings. The quantitative estimate of drug-likeness (QED) is 0.841. The standard InChI is InChI=1S/C13H17ClO3/c1-3-9(4-2)8-17-11-7-5-6-10(14)12(11)13(15)16/h5-7,9H,3-4,8H2,1-2H3,(H,15,16). The fourth-order valence-corrected chi connectivity index (χ4v) is 1.81. The van der Waals surface area contributed by atoms with Crippen LogP contribution in [0.25, 0.3) is 0 Å². The highest BCUT2D eigenvalue weighted by Crippen LogP contribution is 2.27. The van der Waals surface area contributed by atoms with Crippen LogP contribution in [0.5, 0.6) is 5.75 Å². The SMILES string of the molecule is CCC(CC)COc1cccc(Cl)c1C(=O)O. The van der Waals surface area contributed by atoms with Gasteiger partial charge < -0.3 is 9.84 Å². The fourth-order valence-electron chi connectivity index (χ4n) is 1.56. The minimum atomic E-state index is -1.06. The van der Waals surface area contributed by atoms with E-state index in [-0.39, 0.29) is 10.6 Å². The first-order chi connectivity index (χ1) is 8.10. The monoisotopic (exact) mass is 256 g/mol. The van der Waals surface area contributed by atoms with Crippen molar-refractivity contribution in [2.75, 3.05) is 6.61 Å². The number of halogens is 1. The largest absolute Gasteiger partial charge is 0.492 e. The molecule has 0 heterocycles. The van der Waals surface area contributed by atoms with Gasteiger partial charge in [0, 0.05) is 0 Å². The van der Waals surface area contributed by atoms with Crippen LogP contribution in [-0.2, 0) is 0 Å². The van der Waals surface area contributed by atoms with Gasteiger partial charge in [0.1, 0.15) is 11.3 Å². The zero-order chi connectivity index (χ0) is 12.8. The van der Waals surface area contributed by atoms with Gasteiger partial charge in [0.25, 0.3) is 0 Å². The first-order valence-corrected chi connectivity index (χ1v) is 6.12. The van der Waals surface area contributed by atoms with E-state index in [4.69, 9.17) is 21.4 Å². The van der Waals surface area contributed by atoms with E-state index in [0.29, 0.717) is 18.3 Å². The van der Waals surface area contributed by atoms with Crippen molar-refractivity contribution in [3.63, 3.8) is 0 Å². The molecule has 17 heavy (non-hydrogen) atoms. The van der Waals surface area contributed by atoms with Crippen LogP contribution in [0.3, 0.4) is 0 Å².